The number of guanidine groups is 1. The van der Waals surface area contributed by atoms with Gasteiger partial charge in [-0.3, -0.25) is 0 Å². The van der Waals surface area contributed by atoms with Gasteiger partial charge in [-0.15, -0.1) is 0 Å². The molecule has 1 aromatic carbocycles. The van der Waals surface area contributed by atoms with Gasteiger partial charge >= 0.3 is 0 Å². The molecule has 5 rings (SSSR count). The monoisotopic (exact) mass is 449 g/mol. The molecule has 2 saturated carbocycles. The van der Waals surface area contributed by atoms with Crippen LogP contribution in [0.2, 0.25) is 10.0 Å². The molecule has 7 heteroatoms. The SMILES string of the molecule is CN1CCN(CCCN(C2=NCc3cc(Cl)c(Cl)cc3N2)C2CCC3(C)CC23)CC1. The van der Waals surface area contributed by atoms with Crippen molar-refractivity contribution in [1.29, 1.82) is 0 Å². The molecule has 1 aromatic rings. The van der Waals surface area contributed by atoms with E-state index >= 15 is 0 Å². The van der Waals surface area contributed by atoms with Gasteiger partial charge in [-0.1, -0.05) is 30.1 Å². The zero-order valence-corrected chi connectivity index (χ0v) is 19.6. The molecule has 0 radical (unpaired) electrons. The molecule has 2 heterocycles. The van der Waals surface area contributed by atoms with E-state index in [1.54, 1.807) is 0 Å². The third-order valence-electron chi connectivity index (χ3n) is 7.83. The maximum Gasteiger partial charge on any atom is 0.199 e. The molecule has 3 fully saturated rings. The van der Waals surface area contributed by atoms with Gasteiger partial charge in [0, 0.05) is 44.5 Å². The summed E-state index contributed by atoms with van der Waals surface area (Å²) in [6.45, 7) is 10.1. The number of rotatable bonds is 5. The Bertz CT molecular complexity index is 835. The molecule has 4 aliphatic rings. The number of aliphatic imine (C=N–C) groups is 1. The highest BCUT2D eigenvalue weighted by atomic mass is 35.5. The molecule has 30 heavy (non-hydrogen) atoms. The van der Waals surface area contributed by atoms with Crippen LogP contribution in [0, 0.1) is 11.3 Å². The Morgan fingerprint density at radius 1 is 1.20 bits per heavy atom. The Morgan fingerprint density at radius 2 is 1.97 bits per heavy atom. The van der Waals surface area contributed by atoms with Crippen LogP contribution in [0.15, 0.2) is 17.1 Å². The number of nitrogens with one attached hydrogen (secondary N) is 1. The van der Waals surface area contributed by atoms with E-state index in [0.29, 0.717) is 28.0 Å². The van der Waals surface area contributed by atoms with Crippen LogP contribution in [0.1, 0.15) is 38.2 Å². The predicted molar refractivity (Wildman–Crippen MR) is 126 cm³/mol. The highest BCUT2D eigenvalue weighted by molar-refractivity contribution is 6.42. The molecule has 0 aromatic heterocycles. The van der Waals surface area contributed by atoms with Gasteiger partial charge in [-0.25, -0.2) is 4.99 Å². The lowest BCUT2D eigenvalue weighted by molar-refractivity contribution is 0.147. The van der Waals surface area contributed by atoms with Crippen molar-refractivity contribution in [1.82, 2.24) is 14.7 Å². The summed E-state index contributed by atoms with van der Waals surface area (Å²) in [7, 11) is 2.22. The van der Waals surface area contributed by atoms with Crippen molar-refractivity contribution in [3.63, 3.8) is 0 Å². The predicted octanol–water partition coefficient (Wildman–Crippen LogP) is 4.40. The molecule has 3 atom stereocenters. The van der Waals surface area contributed by atoms with E-state index in [-0.39, 0.29) is 0 Å². The van der Waals surface area contributed by atoms with Crippen LogP contribution in [0.4, 0.5) is 5.69 Å². The van der Waals surface area contributed by atoms with Crippen LogP contribution < -0.4 is 5.32 Å². The first-order chi connectivity index (χ1) is 14.4. The van der Waals surface area contributed by atoms with Crippen LogP contribution in [0.5, 0.6) is 0 Å². The molecule has 164 valence electrons. The quantitative estimate of drug-likeness (QED) is 0.721. The van der Waals surface area contributed by atoms with Gasteiger partial charge in [0.1, 0.15) is 0 Å². The highest BCUT2D eigenvalue weighted by Gasteiger charge is 2.59. The zero-order chi connectivity index (χ0) is 20.9. The Kier molecular flexibility index (Phi) is 5.68. The first-order valence-electron chi connectivity index (χ1n) is 11.4. The van der Waals surface area contributed by atoms with E-state index in [0.717, 1.165) is 29.7 Å². The molecule has 0 amide bonds. The van der Waals surface area contributed by atoms with Crippen LogP contribution in [0.3, 0.4) is 0 Å². The van der Waals surface area contributed by atoms with Crippen molar-refractivity contribution in [2.45, 2.75) is 45.2 Å². The van der Waals surface area contributed by atoms with Crippen LogP contribution in [0.25, 0.3) is 0 Å². The van der Waals surface area contributed by atoms with Gasteiger partial charge in [0.05, 0.1) is 16.6 Å². The molecular weight excluding hydrogens is 417 g/mol. The topological polar surface area (TPSA) is 34.1 Å². The summed E-state index contributed by atoms with van der Waals surface area (Å²) in [4.78, 5) is 12.6. The van der Waals surface area contributed by atoms with Gasteiger partial charge < -0.3 is 20.0 Å². The average Bonchev–Trinajstić information content (AvgIpc) is 3.29. The minimum Gasteiger partial charge on any atom is -0.339 e. The Labute approximate surface area is 190 Å². The van der Waals surface area contributed by atoms with E-state index in [1.807, 2.05) is 12.1 Å². The molecule has 1 N–H and O–H groups in total. The number of anilines is 1. The maximum absolute atomic E-state index is 6.29. The van der Waals surface area contributed by atoms with E-state index < -0.39 is 0 Å². The van der Waals surface area contributed by atoms with Crippen LogP contribution >= 0.6 is 23.2 Å². The Hall–Kier alpha value is -1.01. The number of fused-ring (bicyclic) bond motifs is 2. The minimum atomic E-state index is 0.574. The van der Waals surface area contributed by atoms with Gasteiger partial charge in [-0.05, 0) is 68.3 Å². The van der Waals surface area contributed by atoms with E-state index in [2.05, 4.69) is 34.0 Å². The van der Waals surface area contributed by atoms with Crippen molar-refractivity contribution in [2.24, 2.45) is 16.3 Å². The fraction of sp³-hybridized carbons (Fsp3) is 0.696. The maximum atomic E-state index is 6.29. The molecule has 3 unspecified atom stereocenters. The van der Waals surface area contributed by atoms with Crippen LogP contribution in [-0.2, 0) is 6.54 Å². The van der Waals surface area contributed by atoms with Crippen molar-refractivity contribution >= 4 is 34.8 Å². The molecule has 0 bridgehead atoms. The van der Waals surface area contributed by atoms with E-state index in [1.165, 1.54) is 58.4 Å². The number of hydrogen-bond acceptors (Lipinski definition) is 5. The van der Waals surface area contributed by atoms with Gasteiger partial charge in [-0.2, -0.15) is 0 Å². The average molecular weight is 450 g/mol. The molecule has 2 aliphatic heterocycles. The standard InChI is InChI=1S/C23H33Cl2N5/c1-23-5-4-21(17(23)14-23)30(7-3-6-29-10-8-28(2)9-11-29)22-26-15-16-12-18(24)19(25)13-20(16)27-22/h12-13,17,21H,3-11,14-15H2,1-2H3,(H,26,27). The summed E-state index contributed by atoms with van der Waals surface area (Å²) in [6, 6.07) is 4.50. The second-order valence-electron chi connectivity index (χ2n) is 9.95. The van der Waals surface area contributed by atoms with E-state index in [4.69, 9.17) is 28.2 Å². The zero-order valence-electron chi connectivity index (χ0n) is 18.1. The number of nitrogens with zero attached hydrogens (tertiary/aromatic N) is 4. The molecule has 2 aliphatic carbocycles. The second kappa shape index (κ2) is 8.16. The largest absolute Gasteiger partial charge is 0.339 e. The number of hydrogen-bond donors (Lipinski definition) is 1. The fourth-order valence-electron chi connectivity index (χ4n) is 5.67. The highest BCUT2D eigenvalue weighted by Crippen LogP contribution is 2.64. The van der Waals surface area contributed by atoms with Crippen molar-refractivity contribution in [2.75, 3.05) is 51.6 Å². The number of likely N-dealkylation sites (N-methyl/N-ethyl adjacent to an activating group) is 1. The Balaban J connectivity index is 1.28. The van der Waals surface area contributed by atoms with Crippen molar-refractivity contribution in [3.05, 3.63) is 27.7 Å². The smallest absolute Gasteiger partial charge is 0.199 e. The summed E-state index contributed by atoms with van der Waals surface area (Å²) >= 11 is 12.5. The number of piperazine rings is 1. The second-order valence-corrected chi connectivity index (χ2v) is 10.8. The summed E-state index contributed by atoms with van der Waals surface area (Å²) in [5, 5.41) is 4.80. The fourth-order valence-corrected chi connectivity index (χ4v) is 6.02. The first kappa shape index (κ1) is 20.9. The lowest BCUT2D eigenvalue weighted by Crippen LogP contribution is -2.48. The summed E-state index contributed by atoms with van der Waals surface area (Å²) < 4.78 is 0. The molecule has 1 saturated heterocycles. The lowest BCUT2D eigenvalue weighted by Gasteiger charge is -2.37. The van der Waals surface area contributed by atoms with Crippen molar-refractivity contribution < 1.29 is 0 Å². The van der Waals surface area contributed by atoms with Crippen molar-refractivity contribution in [3.8, 4) is 0 Å². The number of benzene rings is 1. The number of halogens is 2. The lowest BCUT2D eigenvalue weighted by atomic mass is 10.1. The first-order valence-corrected chi connectivity index (χ1v) is 12.2. The molecule has 5 nitrogen and oxygen atoms in total. The Morgan fingerprint density at radius 3 is 2.67 bits per heavy atom. The molecular formula is C23H33Cl2N5. The molecule has 0 spiro atoms. The van der Waals surface area contributed by atoms with Gasteiger partial charge in [0.25, 0.3) is 0 Å². The third-order valence-corrected chi connectivity index (χ3v) is 8.55. The minimum absolute atomic E-state index is 0.574. The van der Waals surface area contributed by atoms with Gasteiger partial charge in [0.2, 0.25) is 0 Å². The van der Waals surface area contributed by atoms with E-state index in [9.17, 15) is 0 Å². The summed E-state index contributed by atoms with van der Waals surface area (Å²) in [5.41, 5.74) is 2.74. The third kappa shape index (κ3) is 4.06. The summed E-state index contributed by atoms with van der Waals surface area (Å²) in [5.74, 6) is 1.85. The normalized spacial score (nSPS) is 31.0. The van der Waals surface area contributed by atoms with Crippen LogP contribution in [-0.4, -0.2) is 73.0 Å². The van der Waals surface area contributed by atoms with Gasteiger partial charge in [0.15, 0.2) is 5.96 Å². The summed E-state index contributed by atoms with van der Waals surface area (Å²) in [6.07, 6.45) is 5.18.